The van der Waals surface area contributed by atoms with Crippen LogP contribution < -0.4 is 5.32 Å². The number of dihydropyridines is 1. The van der Waals surface area contributed by atoms with Gasteiger partial charge in [0.2, 0.25) is 0 Å². The highest BCUT2D eigenvalue weighted by Crippen LogP contribution is 2.40. The van der Waals surface area contributed by atoms with Crippen LogP contribution in [0.2, 0.25) is 0 Å². The molecule has 0 aromatic heterocycles. The van der Waals surface area contributed by atoms with Gasteiger partial charge in [0.15, 0.2) is 0 Å². The van der Waals surface area contributed by atoms with Crippen LogP contribution in [0.3, 0.4) is 0 Å². The number of nitro groups is 1. The maximum Gasteiger partial charge on any atom is 0.336 e. The van der Waals surface area contributed by atoms with Crippen LogP contribution in [-0.2, 0) is 23.9 Å². The average Bonchev–Trinajstić information content (AvgIpc) is 2.71. The first kappa shape index (κ1) is 24.5. The number of hydrogen-bond acceptors (Lipinski definition) is 9. The number of benzene rings is 1. The van der Waals surface area contributed by atoms with Crippen molar-refractivity contribution in [3.63, 3.8) is 0 Å². The molecule has 1 aliphatic heterocycles. The lowest BCUT2D eigenvalue weighted by atomic mass is 9.80. The van der Waals surface area contributed by atoms with Crippen LogP contribution in [0.5, 0.6) is 0 Å². The van der Waals surface area contributed by atoms with Crippen molar-refractivity contribution in [1.82, 2.24) is 5.32 Å². The molecule has 0 saturated carbocycles. The van der Waals surface area contributed by atoms with Crippen LogP contribution in [-0.4, -0.2) is 52.4 Å². The predicted molar refractivity (Wildman–Crippen MR) is 110 cm³/mol. The summed E-state index contributed by atoms with van der Waals surface area (Å²) in [5, 5.41) is 32.4. The lowest BCUT2D eigenvalue weighted by molar-refractivity contribution is -0.384. The number of aliphatic hydroxyl groups excluding tert-OH is 1. The van der Waals surface area contributed by atoms with E-state index < -0.39 is 47.9 Å². The number of carboxylic acids is 1. The number of hydrogen-bond donors (Lipinski definition) is 3. The molecule has 0 bridgehead atoms. The van der Waals surface area contributed by atoms with Gasteiger partial charge in [0.1, 0.15) is 13.2 Å². The van der Waals surface area contributed by atoms with Crippen molar-refractivity contribution in [2.45, 2.75) is 39.2 Å². The average molecular weight is 448 g/mol. The molecule has 0 aliphatic carbocycles. The largest absolute Gasteiger partial charge is 0.481 e. The number of carbonyl (C=O) groups is 3. The number of rotatable bonds is 9. The van der Waals surface area contributed by atoms with Gasteiger partial charge in [-0.3, -0.25) is 14.9 Å². The first-order valence-electron chi connectivity index (χ1n) is 9.70. The van der Waals surface area contributed by atoms with Crippen molar-refractivity contribution in [3.05, 3.63) is 62.5 Å². The molecule has 11 nitrogen and oxygen atoms in total. The molecule has 1 heterocycles. The van der Waals surface area contributed by atoms with Gasteiger partial charge < -0.3 is 25.0 Å². The molecule has 2 rings (SSSR count). The molecule has 0 amide bonds. The summed E-state index contributed by atoms with van der Waals surface area (Å²) >= 11 is 0. The Morgan fingerprint density at radius 1 is 1.16 bits per heavy atom. The normalized spacial score (nSPS) is 16.8. The van der Waals surface area contributed by atoms with E-state index in [1.54, 1.807) is 13.8 Å². The second kappa shape index (κ2) is 10.5. The Labute approximate surface area is 183 Å². The van der Waals surface area contributed by atoms with Crippen LogP contribution in [0.1, 0.15) is 38.7 Å². The summed E-state index contributed by atoms with van der Waals surface area (Å²) in [5.74, 6) is -3.93. The molecular weight excluding hydrogens is 424 g/mol. The zero-order chi connectivity index (χ0) is 24.0. The van der Waals surface area contributed by atoms with Gasteiger partial charge in [0.05, 0.1) is 34.5 Å². The number of nitrogens with zero attached hydrogens (tertiary/aromatic N) is 1. The molecule has 2 atom stereocenters. The van der Waals surface area contributed by atoms with Gasteiger partial charge in [-0.1, -0.05) is 12.1 Å². The summed E-state index contributed by atoms with van der Waals surface area (Å²) in [6, 6.07) is 5.46. The summed E-state index contributed by atoms with van der Waals surface area (Å²) in [6.07, 6.45) is -1.34. The zero-order valence-corrected chi connectivity index (χ0v) is 17.8. The number of carboxylic acid groups (broad SMARTS) is 1. The molecule has 32 heavy (non-hydrogen) atoms. The van der Waals surface area contributed by atoms with Gasteiger partial charge in [-0.05, 0) is 26.3 Å². The standard InChI is InChI=1S/C21H24N2O9/c1-11(24)10-32-21(28)18-13(3)22-12(2)17(20(27)31-8-7-16(25)26)19(18)14-5-4-6-15(9-14)23(29)30/h4-6,9,11,19,22,24H,7-8,10H2,1-3H3,(H,25,26). The summed E-state index contributed by atoms with van der Waals surface area (Å²) in [5.41, 5.74) is 0.732. The highest BCUT2D eigenvalue weighted by molar-refractivity contribution is 6.00. The number of ether oxygens (including phenoxy) is 2. The molecule has 1 aromatic carbocycles. The lowest BCUT2D eigenvalue weighted by Gasteiger charge is -2.30. The third kappa shape index (κ3) is 5.91. The SMILES string of the molecule is CC1=C(C(=O)OCCC(=O)O)C(c2cccc([N+](=O)[O-])c2)C(C(=O)OCC(C)O)=C(C)N1. The van der Waals surface area contributed by atoms with Gasteiger partial charge in [-0.15, -0.1) is 0 Å². The Morgan fingerprint density at radius 2 is 1.75 bits per heavy atom. The topological polar surface area (TPSA) is 165 Å². The van der Waals surface area contributed by atoms with Crippen molar-refractivity contribution < 1.29 is 39.0 Å². The highest BCUT2D eigenvalue weighted by Gasteiger charge is 2.38. The number of nitrogens with one attached hydrogen (secondary N) is 1. The number of allylic oxidation sites excluding steroid dienone is 2. The minimum atomic E-state index is -1.15. The van der Waals surface area contributed by atoms with Gasteiger partial charge >= 0.3 is 17.9 Å². The number of carbonyl (C=O) groups excluding carboxylic acids is 2. The van der Waals surface area contributed by atoms with Gasteiger partial charge in [0, 0.05) is 23.5 Å². The Morgan fingerprint density at radius 3 is 2.28 bits per heavy atom. The van der Waals surface area contributed by atoms with E-state index in [0.717, 1.165) is 0 Å². The molecule has 1 aliphatic rings. The van der Waals surface area contributed by atoms with E-state index in [9.17, 15) is 29.6 Å². The van der Waals surface area contributed by atoms with Crippen molar-refractivity contribution in [2.75, 3.05) is 13.2 Å². The summed E-state index contributed by atoms with van der Waals surface area (Å²) in [6.45, 7) is 3.90. The molecule has 0 saturated heterocycles. The Bertz CT molecular complexity index is 995. The van der Waals surface area contributed by atoms with Gasteiger partial charge in [-0.2, -0.15) is 0 Å². The third-order valence-corrected chi connectivity index (χ3v) is 4.62. The van der Waals surface area contributed by atoms with Gasteiger partial charge in [-0.25, -0.2) is 9.59 Å². The van der Waals surface area contributed by atoms with Crippen LogP contribution >= 0.6 is 0 Å². The number of aliphatic carboxylic acids is 1. The number of aliphatic hydroxyl groups is 1. The molecule has 0 radical (unpaired) electrons. The second-order valence-electron chi connectivity index (χ2n) is 7.21. The molecular formula is C21H24N2O9. The van der Waals surface area contributed by atoms with Crippen molar-refractivity contribution in [1.29, 1.82) is 0 Å². The van der Waals surface area contributed by atoms with E-state index in [1.165, 1.54) is 31.2 Å². The van der Waals surface area contributed by atoms with Crippen molar-refractivity contribution in [2.24, 2.45) is 0 Å². The van der Waals surface area contributed by atoms with Crippen LogP contribution in [0.25, 0.3) is 0 Å². The maximum absolute atomic E-state index is 12.9. The number of esters is 2. The van der Waals surface area contributed by atoms with Gasteiger partial charge in [0.25, 0.3) is 5.69 Å². The fraction of sp³-hybridized carbons (Fsp3) is 0.381. The summed E-state index contributed by atoms with van der Waals surface area (Å²) in [7, 11) is 0. The summed E-state index contributed by atoms with van der Waals surface area (Å²) < 4.78 is 10.2. The van der Waals surface area contributed by atoms with E-state index in [4.69, 9.17) is 14.6 Å². The fourth-order valence-corrected chi connectivity index (χ4v) is 3.27. The van der Waals surface area contributed by atoms with E-state index in [2.05, 4.69) is 5.32 Å². The van der Waals surface area contributed by atoms with E-state index >= 15 is 0 Å². The molecule has 3 N–H and O–H groups in total. The molecule has 172 valence electrons. The summed E-state index contributed by atoms with van der Waals surface area (Å²) in [4.78, 5) is 47.2. The van der Waals surface area contributed by atoms with E-state index in [0.29, 0.717) is 11.4 Å². The fourth-order valence-electron chi connectivity index (χ4n) is 3.27. The molecule has 0 fully saturated rings. The van der Waals surface area contributed by atoms with E-state index in [-0.39, 0.29) is 29.0 Å². The Kier molecular flexibility index (Phi) is 8.08. The minimum absolute atomic E-state index is 0.00881. The first-order valence-corrected chi connectivity index (χ1v) is 9.70. The predicted octanol–water partition coefficient (Wildman–Crippen LogP) is 1.77. The van der Waals surface area contributed by atoms with Crippen LogP contribution in [0.4, 0.5) is 5.69 Å². The third-order valence-electron chi connectivity index (χ3n) is 4.62. The molecule has 0 spiro atoms. The van der Waals surface area contributed by atoms with Crippen LogP contribution in [0.15, 0.2) is 46.8 Å². The van der Waals surface area contributed by atoms with E-state index in [1.807, 2.05) is 0 Å². The monoisotopic (exact) mass is 448 g/mol. The molecule has 2 unspecified atom stereocenters. The van der Waals surface area contributed by atoms with Crippen molar-refractivity contribution in [3.8, 4) is 0 Å². The maximum atomic E-state index is 12.9. The smallest absolute Gasteiger partial charge is 0.336 e. The molecule has 11 heteroatoms. The number of non-ortho nitro benzene ring substituents is 1. The van der Waals surface area contributed by atoms with Crippen molar-refractivity contribution >= 4 is 23.6 Å². The van der Waals surface area contributed by atoms with Crippen LogP contribution in [0, 0.1) is 10.1 Å². The highest BCUT2D eigenvalue weighted by atomic mass is 16.6. The minimum Gasteiger partial charge on any atom is -0.481 e. The second-order valence-corrected chi connectivity index (χ2v) is 7.21. The Hall–Kier alpha value is -3.73. The number of nitro benzene ring substituents is 1. The first-order chi connectivity index (χ1) is 15.0. The zero-order valence-electron chi connectivity index (χ0n) is 17.8. The molecule has 1 aromatic rings. The Balaban J connectivity index is 2.55. The lowest BCUT2D eigenvalue weighted by Crippen LogP contribution is -2.33. The quantitative estimate of drug-likeness (QED) is 0.288.